The third kappa shape index (κ3) is 4.94. The van der Waals surface area contributed by atoms with Gasteiger partial charge < -0.3 is 13.4 Å². The highest BCUT2D eigenvalue weighted by Gasteiger charge is 2.20. The fraction of sp³-hybridized carbons (Fsp3) is 0. The molecule has 57 heavy (non-hydrogen) atoms. The fourth-order valence-electron chi connectivity index (χ4n) is 8.49. The molecule has 0 radical (unpaired) electrons. The van der Waals surface area contributed by atoms with E-state index in [0.717, 1.165) is 88.4 Å². The Kier molecular flexibility index (Phi) is 6.83. The fourth-order valence-corrected chi connectivity index (χ4v) is 8.49. The van der Waals surface area contributed by atoms with Gasteiger partial charge in [0.25, 0.3) is 0 Å². The lowest BCUT2D eigenvalue weighted by Crippen LogP contribution is -2.00. The number of nitrogens with zero attached hydrogens (tertiary/aromatic N) is 4. The molecule has 8 aromatic carbocycles. The largest absolute Gasteiger partial charge is 0.456 e. The Hall–Kier alpha value is -7.83. The predicted octanol–water partition coefficient (Wildman–Crippen LogP) is 13.4. The average Bonchev–Trinajstić information content (AvgIpc) is 3.96. The van der Waals surface area contributed by atoms with Crippen molar-refractivity contribution in [2.24, 2.45) is 0 Å². The number of hydrogen-bond acceptors (Lipinski definition) is 5. The molecule has 266 valence electrons. The van der Waals surface area contributed by atoms with Gasteiger partial charge >= 0.3 is 0 Å². The number of furan rings is 2. The molecule has 0 atom stereocenters. The monoisotopic (exact) mass is 730 g/mol. The first kappa shape index (κ1) is 31.5. The Labute approximate surface area is 325 Å². The summed E-state index contributed by atoms with van der Waals surface area (Å²) >= 11 is 0. The Morgan fingerprint density at radius 1 is 0.333 bits per heavy atom. The third-order valence-electron chi connectivity index (χ3n) is 11.1. The Morgan fingerprint density at radius 3 is 1.61 bits per heavy atom. The number of fused-ring (bicyclic) bond motifs is 9. The number of rotatable bonds is 5. The van der Waals surface area contributed by atoms with Gasteiger partial charge in [0.15, 0.2) is 17.5 Å². The summed E-state index contributed by atoms with van der Waals surface area (Å²) in [5.74, 6) is 1.73. The molecule has 6 nitrogen and oxygen atoms in total. The molecule has 4 aromatic heterocycles. The molecule has 0 spiro atoms. The SMILES string of the molecule is c1ccc(-c2nc(-c3ccc4c(c3)oc3cccc(-n5c6ccccc6c6ccccc65)c34)nc(-c3ccc4oc5cccc(-c6ccccc6)c5c4c3)n2)cc1. The van der Waals surface area contributed by atoms with Crippen molar-refractivity contribution in [2.45, 2.75) is 0 Å². The third-order valence-corrected chi connectivity index (χ3v) is 11.1. The van der Waals surface area contributed by atoms with Gasteiger partial charge in [0.2, 0.25) is 0 Å². The van der Waals surface area contributed by atoms with E-state index in [1.54, 1.807) is 0 Å². The van der Waals surface area contributed by atoms with Crippen molar-refractivity contribution in [2.75, 3.05) is 0 Å². The molecule has 12 aromatic rings. The Bertz CT molecular complexity index is 3470. The maximum Gasteiger partial charge on any atom is 0.164 e. The zero-order valence-corrected chi connectivity index (χ0v) is 30.4. The van der Waals surface area contributed by atoms with Crippen LogP contribution < -0.4 is 0 Å². The van der Waals surface area contributed by atoms with Crippen LogP contribution in [0.2, 0.25) is 0 Å². The van der Waals surface area contributed by atoms with Crippen LogP contribution in [-0.2, 0) is 0 Å². The molecule has 0 unspecified atom stereocenters. The van der Waals surface area contributed by atoms with Crippen molar-refractivity contribution in [1.82, 2.24) is 19.5 Å². The van der Waals surface area contributed by atoms with Gasteiger partial charge in [-0.05, 0) is 71.8 Å². The molecule has 0 bridgehead atoms. The van der Waals surface area contributed by atoms with Crippen LogP contribution in [0.15, 0.2) is 191 Å². The molecule has 4 heterocycles. The quantitative estimate of drug-likeness (QED) is 0.176. The summed E-state index contributed by atoms with van der Waals surface area (Å²) in [7, 11) is 0. The average molecular weight is 731 g/mol. The minimum atomic E-state index is 0.561. The molecule has 0 fully saturated rings. The van der Waals surface area contributed by atoms with Gasteiger partial charge in [0, 0.05) is 43.6 Å². The zero-order chi connectivity index (χ0) is 37.5. The molecule has 12 rings (SSSR count). The second kappa shape index (κ2) is 12.3. The molecule has 0 aliphatic rings. The summed E-state index contributed by atoms with van der Waals surface area (Å²) in [6, 6.07) is 62.6. The van der Waals surface area contributed by atoms with E-state index >= 15 is 0 Å². The standard InChI is InChI=1S/C51H30N4O2/c1-3-13-31(14-4-1)35-19-11-23-44-47(35)39-29-33(26-28-43(39)56-44)50-52-49(32-15-5-2-6-16-32)53-51(54-50)34-25-27-38-46(30-34)57-45-24-12-22-42(48(38)45)55-40-20-9-7-17-36(40)37-18-8-10-21-41(37)55/h1-30H. The Balaban J connectivity index is 1.04. The maximum atomic E-state index is 6.64. The molecule has 6 heteroatoms. The summed E-state index contributed by atoms with van der Waals surface area (Å²) in [6.45, 7) is 0. The van der Waals surface area contributed by atoms with Gasteiger partial charge in [-0.2, -0.15) is 0 Å². The van der Waals surface area contributed by atoms with Crippen LogP contribution in [-0.4, -0.2) is 19.5 Å². The van der Waals surface area contributed by atoms with Crippen LogP contribution in [0.5, 0.6) is 0 Å². The van der Waals surface area contributed by atoms with Crippen molar-refractivity contribution in [3.63, 3.8) is 0 Å². The molecule has 0 N–H and O–H groups in total. The minimum Gasteiger partial charge on any atom is -0.456 e. The first-order chi connectivity index (χ1) is 28.2. The van der Waals surface area contributed by atoms with Gasteiger partial charge in [-0.15, -0.1) is 0 Å². The van der Waals surface area contributed by atoms with Crippen LogP contribution in [0.4, 0.5) is 0 Å². The molecule has 0 saturated carbocycles. The van der Waals surface area contributed by atoms with Gasteiger partial charge in [-0.25, -0.2) is 15.0 Å². The number of hydrogen-bond donors (Lipinski definition) is 0. The van der Waals surface area contributed by atoms with E-state index in [0.29, 0.717) is 17.5 Å². The van der Waals surface area contributed by atoms with E-state index in [1.165, 1.54) is 10.8 Å². The molecular formula is C51H30N4O2. The van der Waals surface area contributed by atoms with Crippen LogP contribution >= 0.6 is 0 Å². The summed E-state index contributed by atoms with van der Waals surface area (Å²) in [5, 5.41) is 6.59. The predicted molar refractivity (Wildman–Crippen MR) is 230 cm³/mol. The first-order valence-corrected chi connectivity index (χ1v) is 19.0. The van der Waals surface area contributed by atoms with Crippen molar-refractivity contribution in [3.05, 3.63) is 182 Å². The molecule has 0 amide bonds. The number of para-hydroxylation sites is 2. The first-order valence-electron chi connectivity index (χ1n) is 19.0. The zero-order valence-electron chi connectivity index (χ0n) is 30.4. The lowest BCUT2D eigenvalue weighted by molar-refractivity contribution is 0.668. The number of aromatic nitrogens is 4. The lowest BCUT2D eigenvalue weighted by atomic mass is 9.99. The van der Waals surface area contributed by atoms with Gasteiger partial charge in [-0.1, -0.05) is 121 Å². The number of benzene rings is 8. The van der Waals surface area contributed by atoms with Crippen molar-refractivity contribution >= 4 is 65.7 Å². The van der Waals surface area contributed by atoms with Crippen molar-refractivity contribution in [1.29, 1.82) is 0 Å². The Morgan fingerprint density at radius 2 is 0.895 bits per heavy atom. The van der Waals surface area contributed by atoms with E-state index < -0.39 is 0 Å². The summed E-state index contributed by atoms with van der Waals surface area (Å²) in [6.07, 6.45) is 0. The smallest absolute Gasteiger partial charge is 0.164 e. The minimum absolute atomic E-state index is 0.561. The maximum absolute atomic E-state index is 6.64. The van der Waals surface area contributed by atoms with E-state index in [4.69, 9.17) is 23.8 Å². The van der Waals surface area contributed by atoms with Crippen molar-refractivity contribution < 1.29 is 8.83 Å². The highest BCUT2D eigenvalue weighted by molar-refractivity contribution is 6.15. The second-order valence-electron chi connectivity index (χ2n) is 14.4. The van der Waals surface area contributed by atoms with Gasteiger partial charge in [-0.3, -0.25) is 0 Å². The van der Waals surface area contributed by atoms with Crippen molar-refractivity contribution in [3.8, 4) is 51.0 Å². The van der Waals surface area contributed by atoms with E-state index in [9.17, 15) is 0 Å². The molecular weight excluding hydrogens is 701 g/mol. The van der Waals surface area contributed by atoms with Crippen LogP contribution in [0.1, 0.15) is 0 Å². The van der Waals surface area contributed by atoms with Crippen LogP contribution in [0, 0.1) is 0 Å². The summed E-state index contributed by atoms with van der Waals surface area (Å²) < 4.78 is 15.4. The topological polar surface area (TPSA) is 69.9 Å². The molecule has 0 aliphatic carbocycles. The molecule has 0 aliphatic heterocycles. The highest BCUT2D eigenvalue weighted by Crippen LogP contribution is 2.41. The summed E-state index contributed by atoms with van der Waals surface area (Å²) in [5.41, 5.74) is 11.5. The van der Waals surface area contributed by atoms with Gasteiger partial charge in [0.05, 0.1) is 22.1 Å². The van der Waals surface area contributed by atoms with E-state index in [-0.39, 0.29) is 0 Å². The van der Waals surface area contributed by atoms with Crippen LogP contribution in [0.3, 0.4) is 0 Å². The highest BCUT2D eigenvalue weighted by atomic mass is 16.3. The normalized spacial score (nSPS) is 11.9. The van der Waals surface area contributed by atoms with E-state index in [2.05, 4.69) is 120 Å². The lowest BCUT2D eigenvalue weighted by Gasteiger charge is -2.10. The van der Waals surface area contributed by atoms with Crippen LogP contribution in [0.25, 0.3) is 117 Å². The molecule has 0 saturated heterocycles. The van der Waals surface area contributed by atoms with E-state index in [1.807, 2.05) is 66.7 Å². The second-order valence-corrected chi connectivity index (χ2v) is 14.4. The summed E-state index contributed by atoms with van der Waals surface area (Å²) in [4.78, 5) is 15.3. The van der Waals surface area contributed by atoms with Gasteiger partial charge in [0.1, 0.15) is 22.3 Å².